The summed E-state index contributed by atoms with van der Waals surface area (Å²) in [7, 11) is 0. The van der Waals surface area contributed by atoms with Gasteiger partial charge in [-0.25, -0.2) is 9.59 Å². The Bertz CT molecular complexity index is 1150. The van der Waals surface area contributed by atoms with Gasteiger partial charge in [0.25, 0.3) is 0 Å². The largest absolute Gasteiger partial charge is 0.508 e. The first-order valence-corrected chi connectivity index (χ1v) is 12.8. The number of aliphatic hydroxyl groups excluding tert-OH is 1. The molecule has 0 aliphatic carbocycles. The standard InChI is InChI=1S/C24H30ClN3O5.C2HF3O2/c25-17-3-1-16(2-4-17)12-27-9-7-18(8-10-27)26-20-13-28(14-22(20)30)21-11-19(29)5-6-23(21)33-15-24(31)32;3-2(4,5)1(6)7/h1-6,11,18,20,22,26,29-30H,7-10,12-15H2,(H,31,32);(H,6,7)/t20-,22-;/m0./s1. The fraction of sp³-hybridized carbons (Fsp3) is 0.462. The number of alkyl halides is 3. The fourth-order valence-electron chi connectivity index (χ4n) is 4.57. The number of carbonyl (C=O) groups is 2. The summed E-state index contributed by atoms with van der Waals surface area (Å²) < 4.78 is 37.1. The van der Waals surface area contributed by atoms with Gasteiger partial charge in [0, 0.05) is 36.8 Å². The van der Waals surface area contributed by atoms with Gasteiger partial charge in [0.05, 0.1) is 17.8 Å². The van der Waals surface area contributed by atoms with Crippen molar-refractivity contribution in [3.63, 3.8) is 0 Å². The van der Waals surface area contributed by atoms with Gasteiger partial charge in [-0.05, 0) is 55.8 Å². The molecule has 0 radical (unpaired) electrons. The van der Waals surface area contributed by atoms with Crippen LogP contribution in [0.1, 0.15) is 18.4 Å². The smallest absolute Gasteiger partial charge is 0.490 e. The number of β-amino-alcohol motifs (C(OH)–C–C–N with tert-alkyl or cyclic N) is 1. The zero-order chi connectivity index (χ0) is 29.4. The third kappa shape index (κ3) is 9.44. The third-order valence-electron chi connectivity index (χ3n) is 6.52. The van der Waals surface area contributed by atoms with Gasteiger partial charge >= 0.3 is 18.1 Å². The first-order valence-electron chi connectivity index (χ1n) is 12.5. The number of nitrogens with one attached hydrogen (secondary N) is 1. The highest BCUT2D eigenvalue weighted by atomic mass is 35.5. The van der Waals surface area contributed by atoms with Crippen LogP contribution in [0.5, 0.6) is 11.5 Å². The molecule has 5 N–H and O–H groups in total. The van der Waals surface area contributed by atoms with Crippen LogP contribution < -0.4 is 15.0 Å². The Balaban J connectivity index is 0.000000559. The number of aliphatic hydroxyl groups is 1. The lowest BCUT2D eigenvalue weighted by Gasteiger charge is -2.34. The fourth-order valence-corrected chi connectivity index (χ4v) is 4.70. The molecule has 2 saturated heterocycles. The van der Waals surface area contributed by atoms with Crippen molar-refractivity contribution >= 4 is 29.2 Å². The summed E-state index contributed by atoms with van der Waals surface area (Å²) in [5.41, 5.74) is 1.83. The van der Waals surface area contributed by atoms with Gasteiger partial charge in [-0.1, -0.05) is 23.7 Å². The molecule has 0 aromatic heterocycles. The molecule has 0 bridgehead atoms. The minimum absolute atomic E-state index is 0.0617. The van der Waals surface area contributed by atoms with Crippen molar-refractivity contribution in [1.82, 2.24) is 10.2 Å². The lowest BCUT2D eigenvalue weighted by Crippen LogP contribution is -2.49. The molecule has 40 heavy (non-hydrogen) atoms. The average Bonchev–Trinajstić information content (AvgIpc) is 3.25. The maximum absolute atomic E-state index is 10.9. The van der Waals surface area contributed by atoms with Crippen molar-refractivity contribution in [1.29, 1.82) is 0 Å². The van der Waals surface area contributed by atoms with Crippen LogP contribution in [0.15, 0.2) is 42.5 Å². The van der Waals surface area contributed by atoms with Crippen LogP contribution >= 0.6 is 11.6 Å². The molecule has 2 atom stereocenters. The second kappa shape index (κ2) is 13.9. The highest BCUT2D eigenvalue weighted by Gasteiger charge is 2.38. The van der Waals surface area contributed by atoms with Crippen LogP contribution in [0.2, 0.25) is 5.02 Å². The molecule has 2 aliphatic rings. The molecule has 2 aromatic carbocycles. The maximum atomic E-state index is 10.9. The Morgan fingerprint density at radius 1 is 1.05 bits per heavy atom. The molecule has 0 saturated carbocycles. The summed E-state index contributed by atoms with van der Waals surface area (Å²) in [6.45, 7) is 3.31. The lowest BCUT2D eigenvalue weighted by atomic mass is 10.0. The number of benzene rings is 2. The molecule has 10 nitrogen and oxygen atoms in total. The molecule has 0 spiro atoms. The van der Waals surface area contributed by atoms with Crippen molar-refractivity contribution < 1.29 is 47.9 Å². The first-order chi connectivity index (χ1) is 18.8. The number of phenols is 1. The summed E-state index contributed by atoms with van der Waals surface area (Å²) in [4.78, 5) is 24.1. The molecule has 220 valence electrons. The summed E-state index contributed by atoms with van der Waals surface area (Å²) in [6.07, 6.45) is -3.67. The second-order valence-corrected chi connectivity index (χ2v) is 10.00. The van der Waals surface area contributed by atoms with E-state index in [2.05, 4.69) is 22.3 Å². The third-order valence-corrected chi connectivity index (χ3v) is 6.77. The van der Waals surface area contributed by atoms with E-state index in [-0.39, 0.29) is 11.8 Å². The zero-order valence-electron chi connectivity index (χ0n) is 21.4. The van der Waals surface area contributed by atoms with Crippen molar-refractivity contribution in [2.45, 2.75) is 43.8 Å². The number of hydrogen-bond donors (Lipinski definition) is 5. The number of aliphatic carboxylic acids is 2. The van der Waals surface area contributed by atoms with Crippen LogP contribution in [0, 0.1) is 0 Å². The molecule has 14 heteroatoms. The number of ether oxygens (including phenoxy) is 1. The SMILES string of the molecule is O=C(O)C(F)(F)F.O=C(O)COc1ccc(O)cc1N1C[C@H](NC2CCN(Cc3ccc(Cl)cc3)CC2)[C@@H](O)C1. The molecule has 2 aromatic rings. The Morgan fingerprint density at radius 3 is 2.25 bits per heavy atom. The lowest BCUT2D eigenvalue weighted by molar-refractivity contribution is -0.192. The number of phenolic OH excluding ortho intramolecular Hbond substituents is 1. The maximum Gasteiger partial charge on any atom is 0.490 e. The van der Waals surface area contributed by atoms with E-state index in [4.69, 9.17) is 31.3 Å². The van der Waals surface area contributed by atoms with Crippen molar-refractivity contribution in [3.8, 4) is 11.5 Å². The van der Waals surface area contributed by atoms with E-state index in [0.29, 0.717) is 30.6 Å². The van der Waals surface area contributed by atoms with Crippen LogP contribution in [0.3, 0.4) is 0 Å². The number of rotatable bonds is 8. The monoisotopic (exact) mass is 589 g/mol. The van der Waals surface area contributed by atoms with Crippen molar-refractivity contribution in [3.05, 3.63) is 53.1 Å². The van der Waals surface area contributed by atoms with E-state index in [0.717, 1.165) is 37.5 Å². The highest BCUT2D eigenvalue weighted by molar-refractivity contribution is 6.30. The predicted octanol–water partition coefficient (Wildman–Crippen LogP) is 2.95. The molecule has 4 rings (SSSR count). The van der Waals surface area contributed by atoms with E-state index in [9.17, 15) is 28.2 Å². The van der Waals surface area contributed by atoms with Crippen LogP contribution in [0.4, 0.5) is 18.9 Å². The number of halogens is 4. The number of piperidine rings is 1. The van der Waals surface area contributed by atoms with Crippen LogP contribution in [-0.2, 0) is 16.1 Å². The molecule has 2 aliphatic heterocycles. The normalized spacial score (nSPS) is 20.1. The average molecular weight is 590 g/mol. The van der Waals surface area contributed by atoms with Crippen LogP contribution in [0.25, 0.3) is 0 Å². The van der Waals surface area contributed by atoms with Gasteiger partial charge in [-0.15, -0.1) is 0 Å². The molecule has 0 amide bonds. The number of aromatic hydroxyl groups is 1. The molecular weight excluding hydrogens is 559 g/mol. The summed E-state index contributed by atoms with van der Waals surface area (Å²) in [5, 5.41) is 41.0. The number of hydrogen-bond acceptors (Lipinski definition) is 8. The quantitative estimate of drug-likeness (QED) is 0.312. The minimum Gasteiger partial charge on any atom is -0.508 e. The van der Waals surface area contributed by atoms with Crippen molar-refractivity contribution in [2.75, 3.05) is 37.7 Å². The van der Waals surface area contributed by atoms with E-state index >= 15 is 0 Å². The molecule has 0 unspecified atom stereocenters. The molecule has 2 heterocycles. The zero-order valence-corrected chi connectivity index (χ0v) is 22.1. The van der Waals surface area contributed by atoms with E-state index < -0.39 is 30.8 Å². The van der Waals surface area contributed by atoms with Crippen LogP contribution in [-0.4, -0.2) is 94.4 Å². The summed E-state index contributed by atoms with van der Waals surface area (Å²) in [6, 6.07) is 12.7. The number of likely N-dealkylation sites (tertiary alicyclic amines) is 1. The van der Waals surface area contributed by atoms with Gasteiger partial charge in [0.2, 0.25) is 0 Å². The first kappa shape index (κ1) is 31.3. The number of nitrogens with zero attached hydrogens (tertiary/aromatic N) is 2. The van der Waals surface area contributed by atoms with Gasteiger partial charge < -0.3 is 35.4 Å². The molecule has 2 fully saturated rings. The van der Waals surface area contributed by atoms with Gasteiger partial charge in [-0.2, -0.15) is 13.2 Å². The van der Waals surface area contributed by atoms with E-state index in [1.54, 1.807) is 12.1 Å². The Hall–Kier alpha value is -3.26. The Kier molecular flexibility index (Phi) is 10.9. The summed E-state index contributed by atoms with van der Waals surface area (Å²) in [5.74, 6) is -3.39. The predicted molar refractivity (Wildman–Crippen MR) is 140 cm³/mol. The van der Waals surface area contributed by atoms with Gasteiger partial charge in [-0.3, -0.25) is 4.90 Å². The number of carboxylic acid groups (broad SMARTS) is 2. The van der Waals surface area contributed by atoms with E-state index in [1.165, 1.54) is 11.6 Å². The summed E-state index contributed by atoms with van der Waals surface area (Å²) >= 11 is 5.97. The Morgan fingerprint density at radius 2 is 1.68 bits per heavy atom. The van der Waals surface area contributed by atoms with Gasteiger partial charge in [0.15, 0.2) is 6.61 Å². The number of carboxylic acids is 2. The van der Waals surface area contributed by atoms with E-state index in [1.807, 2.05) is 17.0 Å². The Labute approximate surface area is 233 Å². The number of anilines is 1. The highest BCUT2D eigenvalue weighted by Crippen LogP contribution is 2.34. The minimum atomic E-state index is -5.08. The molecular formula is C26H31ClF3N3O7. The van der Waals surface area contributed by atoms with Crippen molar-refractivity contribution in [2.24, 2.45) is 0 Å². The second-order valence-electron chi connectivity index (χ2n) is 9.56. The van der Waals surface area contributed by atoms with Gasteiger partial charge in [0.1, 0.15) is 11.5 Å². The topological polar surface area (TPSA) is 143 Å².